The van der Waals surface area contributed by atoms with E-state index in [1.807, 2.05) is 6.07 Å². The smallest absolute Gasteiger partial charge is 0.271 e. The average molecular weight is 368 g/mol. The summed E-state index contributed by atoms with van der Waals surface area (Å²) in [5.41, 5.74) is 1.08. The van der Waals surface area contributed by atoms with Crippen LogP contribution >= 0.6 is 0 Å². The second-order valence-corrected chi connectivity index (χ2v) is 5.64. The van der Waals surface area contributed by atoms with Crippen LogP contribution in [-0.2, 0) is 9.59 Å². The van der Waals surface area contributed by atoms with Crippen molar-refractivity contribution in [3.8, 4) is 23.3 Å². The molecule has 0 atom stereocenters. The summed E-state index contributed by atoms with van der Waals surface area (Å²) in [6.07, 6.45) is 3.02. The summed E-state index contributed by atoms with van der Waals surface area (Å²) in [5.74, 6) is 0.152. The summed E-state index contributed by atoms with van der Waals surface area (Å²) >= 11 is 0. The highest BCUT2D eigenvalue weighted by Gasteiger charge is 2.34. The number of amides is 2. The monoisotopic (exact) mass is 368 g/mol. The molecule has 0 bridgehead atoms. The number of carbonyl (C=O) groups is 2. The summed E-state index contributed by atoms with van der Waals surface area (Å²) in [6, 6.07) is 5.23. The maximum Gasteiger partial charge on any atom is 0.271 e. The molecule has 1 aliphatic rings. The Hall–Kier alpha value is -3.53. The van der Waals surface area contributed by atoms with Crippen LogP contribution in [0, 0.1) is 11.3 Å². The normalized spacial score (nSPS) is 15.7. The Labute approximate surface area is 157 Å². The second-order valence-electron chi connectivity index (χ2n) is 5.64. The molecule has 140 valence electrons. The molecule has 27 heavy (non-hydrogen) atoms. The molecule has 0 aliphatic carbocycles. The second kappa shape index (κ2) is 8.23. The van der Waals surface area contributed by atoms with Crippen LogP contribution in [0.25, 0.3) is 6.08 Å². The Morgan fingerprint density at radius 1 is 1.11 bits per heavy atom. The zero-order valence-electron chi connectivity index (χ0n) is 15.7. The zero-order chi connectivity index (χ0) is 20.1. The Morgan fingerprint density at radius 2 is 1.70 bits per heavy atom. The van der Waals surface area contributed by atoms with Gasteiger partial charge in [-0.25, -0.2) is 0 Å². The van der Waals surface area contributed by atoms with Gasteiger partial charge in [-0.2, -0.15) is 5.26 Å². The molecule has 0 N–H and O–H groups in total. The number of benzene rings is 1. The first-order chi connectivity index (χ1) is 12.9. The van der Waals surface area contributed by atoms with Crippen LogP contribution in [-0.4, -0.2) is 44.6 Å². The van der Waals surface area contributed by atoms with Gasteiger partial charge >= 0.3 is 0 Å². The van der Waals surface area contributed by atoms with Crippen molar-refractivity contribution >= 4 is 17.9 Å². The van der Waals surface area contributed by atoms with Crippen LogP contribution < -0.4 is 14.2 Å². The number of rotatable bonds is 6. The fourth-order valence-electron chi connectivity index (χ4n) is 2.78. The van der Waals surface area contributed by atoms with Gasteiger partial charge in [-0.05, 0) is 36.3 Å². The van der Waals surface area contributed by atoms with Gasteiger partial charge in [0.15, 0.2) is 11.5 Å². The Morgan fingerprint density at radius 3 is 2.15 bits per heavy atom. The van der Waals surface area contributed by atoms with Gasteiger partial charge in [-0.3, -0.25) is 14.5 Å². The largest absolute Gasteiger partial charge is 0.493 e. The van der Waals surface area contributed by atoms with E-state index in [1.54, 1.807) is 25.1 Å². The van der Waals surface area contributed by atoms with Crippen LogP contribution in [0.1, 0.15) is 12.5 Å². The number of imide groups is 1. The predicted octanol–water partition coefficient (Wildman–Crippen LogP) is 2.49. The first-order valence-electron chi connectivity index (χ1n) is 8.03. The number of nitrogens with zero attached hydrogens (tertiary/aromatic N) is 2. The van der Waals surface area contributed by atoms with Gasteiger partial charge in [-0.1, -0.05) is 6.08 Å². The third-order valence-corrected chi connectivity index (χ3v) is 4.14. The summed E-state index contributed by atoms with van der Waals surface area (Å²) in [7, 11) is 4.47. The molecular weight excluding hydrogens is 348 g/mol. The fraction of sp³-hybridized carbons (Fsp3) is 0.250. The number of ether oxygens (including phenoxy) is 3. The summed E-state index contributed by atoms with van der Waals surface area (Å²) in [4.78, 5) is 26.1. The van der Waals surface area contributed by atoms with Crippen molar-refractivity contribution in [2.24, 2.45) is 0 Å². The highest BCUT2D eigenvalue weighted by Crippen LogP contribution is 2.39. The van der Waals surface area contributed by atoms with E-state index in [1.165, 1.54) is 27.4 Å². The molecule has 0 spiro atoms. The zero-order valence-corrected chi connectivity index (χ0v) is 15.7. The molecule has 0 aromatic heterocycles. The summed E-state index contributed by atoms with van der Waals surface area (Å²) < 4.78 is 15.9. The summed E-state index contributed by atoms with van der Waals surface area (Å²) in [5, 5.41) is 9.34. The van der Waals surface area contributed by atoms with Gasteiger partial charge in [0.25, 0.3) is 11.8 Å². The Kier molecular flexibility index (Phi) is 6.03. The van der Waals surface area contributed by atoms with E-state index in [0.717, 1.165) is 4.90 Å². The minimum absolute atomic E-state index is 0.0166. The topological polar surface area (TPSA) is 88.9 Å². The lowest BCUT2D eigenvalue weighted by molar-refractivity contribution is -0.139. The van der Waals surface area contributed by atoms with Crippen molar-refractivity contribution < 1.29 is 23.8 Å². The van der Waals surface area contributed by atoms with Gasteiger partial charge in [0.1, 0.15) is 11.6 Å². The minimum Gasteiger partial charge on any atom is -0.493 e. The molecule has 2 amide bonds. The number of hydrogen-bond acceptors (Lipinski definition) is 6. The summed E-state index contributed by atoms with van der Waals surface area (Å²) in [6.45, 7) is 5.14. The Balaban J connectivity index is 2.68. The van der Waals surface area contributed by atoms with Crippen LogP contribution in [0.4, 0.5) is 0 Å². The number of hydrogen-bond donors (Lipinski definition) is 0. The highest BCUT2D eigenvalue weighted by molar-refractivity contribution is 6.19. The molecule has 7 nitrogen and oxygen atoms in total. The lowest BCUT2D eigenvalue weighted by Crippen LogP contribution is -2.42. The SMILES string of the molecule is C=CCN1C(=O)C(C#N)=C(C)/C(=C\c2cc(OC)c(OC)c(OC)c2)C1=O. The van der Waals surface area contributed by atoms with E-state index in [4.69, 9.17) is 14.2 Å². The van der Waals surface area contributed by atoms with E-state index < -0.39 is 11.8 Å². The molecule has 2 rings (SSSR count). The standard InChI is InChI=1S/C20H20N2O5/c1-6-7-22-19(23)14(12(2)15(11-21)20(22)24)8-13-9-16(25-3)18(27-5)17(10-13)26-4/h6,8-10H,1,7H2,2-5H3/b14-8+. The highest BCUT2D eigenvalue weighted by atomic mass is 16.5. The van der Waals surface area contributed by atoms with Crippen LogP contribution in [0.5, 0.6) is 17.2 Å². The van der Waals surface area contributed by atoms with Crippen molar-refractivity contribution in [2.75, 3.05) is 27.9 Å². The van der Waals surface area contributed by atoms with E-state index in [0.29, 0.717) is 28.4 Å². The van der Waals surface area contributed by atoms with Crippen molar-refractivity contribution in [3.63, 3.8) is 0 Å². The van der Waals surface area contributed by atoms with Crippen LogP contribution in [0.2, 0.25) is 0 Å². The number of nitriles is 1. The lowest BCUT2D eigenvalue weighted by atomic mass is 9.93. The van der Waals surface area contributed by atoms with Gasteiger partial charge in [0.2, 0.25) is 5.75 Å². The molecule has 1 heterocycles. The molecule has 0 saturated carbocycles. The van der Waals surface area contributed by atoms with E-state index in [9.17, 15) is 14.9 Å². The van der Waals surface area contributed by atoms with Crippen molar-refractivity contribution in [3.05, 3.63) is 47.1 Å². The van der Waals surface area contributed by atoms with E-state index in [-0.39, 0.29) is 17.7 Å². The third kappa shape index (κ3) is 3.55. The lowest BCUT2D eigenvalue weighted by Gasteiger charge is -2.26. The molecular formula is C20H20N2O5. The van der Waals surface area contributed by atoms with Crippen LogP contribution in [0.15, 0.2) is 41.5 Å². The third-order valence-electron chi connectivity index (χ3n) is 4.14. The van der Waals surface area contributed by atoms with Gasteiger partial charge in [-0.15, -0.1) is 6.58 Å². The minimum atomic E-state index is -0.623. The van der Waals surface area contributed by atoms with Crippen LogP contribution in [0.3, 0.4) is 0 Å². The predicted molar refractivity (Wildman–Crippen MR) is 99.3 cm³/mol. The maximum absolute atomic E-state index is 12.8. The molecule has 0 saturated heterocycles. The fourth-order valence-corrected chi connectivity index (χ4v) is 2.78. The molecule has 0 unspecified atom stereocenters. The van der Waals surface area contributed by atoms with E-state index in [2.05, 4.69) is 6.58 Å². The van der Waals surface area contributed by atoms with Crippen molar-refractivity contribution in [1.82, 2.24) is 4.90 Å². The number of methoxy groups -OCH3 is 3. The van der Waals surface area contributed by atoms with Gasteiger partial charge in [0, 0.05) is 12.1 Å². The van der Waals surface area contributed by atoms with Crippen molar-refractivity contribution in [2.45, 2.75) is 6.92 Å². The molecule has 0 fully saturated rings. The molecule has 1 aromatic carbocycles. The quantitative estimate of drug-likeness (QED) is 0.435. The number of carbonyl (C=O) groups excluding carboxylic acids is 2. The Bertz CT molecular complexity index is 880. The van der Waals surface area contributed by atoms with Gasteiger partial charge < -0.3 is 14.2 Å². The van der Waals surface area contributed by atoms with E-state index >= 15 is 0 Å². The first kappa shape index (κ1) is 19.8. The average Bonchev–Trinajstić information content (AvgIpc) is 2.68. The van der Waals surface area contributed by atoms with Crippen molar-refractivity contribution in [1.29, 1.82) is 5.26 Å². The molecule has 1 aliphatic heterocycles. The maximum atomic E-state index is 12.8. The molecule has 1 aromatic rings. The first-order valence-corrected chi connectivity index (χ1v) is 8.03. The van der Waals surface area contributed by atoms with Gasteiger partial charge in [0.05, 0.1) is 21.3 Å². The molecule has 7 heteroatoms. The molecule has 0 radical (unpaired) electrons.